The zero-order valence-electron chi connectivity index (χ0n) is 17.7. The topological polar surface area (TPSA) is 143 Å². The minimum absolute atomic E-state index is 0.0447. The number of nitrogens with two attached hydrogens (primary N) is 1. The Labute approximate surface area is 191 Å². The predicted molar refractivity (Wildman–Crippen MR) is 127 cm³/mol. The number of hydrogen-bond donors (Lipinski definition) is 4. The third-order valence-electron chi connectivity index (χ3n) is 4.55. The lowest BCUT2D eigenvalue weighted by atomic mass is 10.1. The van der Waals surface area contributed by atoms with Gasteiger partial charge in [-0.25, -0.2) is 5.53 Å². The predicted octanol–water partition coefficient (Wildman–Crippen LogP) is 3.67. The summed E-state index contributed by atoms with van der Waals surface area (Å²) in [5.74, 6) is -0.414. The van der Waals surface area contributed by atoms with Gasteiger partial charge in [-0.05, 0) is 44.7 Å². The number of anilines is 2. The number of non-ortho nitro benzene ring substituents is 1. The summed E-state index contributed by atoms with van der Waals surface area (Å²) >= 11 is 4.07. The molecule has 0 aliphatic heterocycles. The van der Waals surface area contributed by atoms with Crippen molar-refractivity contribution in [1.29, 1.82) is 0 Å². The number of thiol groups is 1. The third-order valence-corrected chi connectivity index (χ3v) is 4.87. The van der Waals surface area contributed by atoms with Crippen molar-refractivity contribution in [3.05, 3.63) is 64.2 Å². The van der Waals surface area contributed by atoms with Crippen molar-refractivity contribution in [1.82, 2.24) is 9.95 Å². The van der Waals surface area contributed by atoms with E-state index in [4.69, 9.17) is 5.73 Å². The van der Waals surface area contributed by atoms with Gasteiger partial charge in [0.2, 0.25) is 5.91 Å². The summed E-state index contributed by atoms with van der Waals surface area (Å²) in [6.45, 7) is 1.66. The van der Waals surface area contributed by atoms with Crippen LogP contribution in [0.2, 0.25) is 0 Å². The highest BCUT2D eigenvalue weighted by atomic mass is 32.1. The molecule has 0 saturated carbocycles. The number of amides is 2. The molecule has 0 atom stereocenters. The fourth-order valence-corrected chi connectivity index (χ4v) is 2.90. The normalized spacial score (nSPS) is 11.0. The first kappa shape index (κ1) is 24.7. The Hall–Kier alpha value is -3.60. The van der Waals surface area contributed by atoms with Crippen molar-refractivity contribution in [2.75, 3.05) is 11.1 Å². The molecule has 2 amide bonds. The molecule has 10 nitrogen and oxygen atoms in total. The molecule has 0 heterocycles. The van der Waals surface area contributed by atoms with Crippen LogP contribution in [0.5, 0.6) is 0 Å². The summed E-state index contributed by atoms with van der Waals surface area (Å²) in [5, 5.41) is 17.7. The first-order valence-electron chi connectivity index (χ1n) is 9.99. The second-order valence-corrected chi connectivity index (χ2v) is 7.41. The van der Waals surface area contributed by atoms with E-state index >= 15 is 0 Å². The molecule has 0 bridgehead atoms. The van der Waals surface area contributed by atoms with E-state index in [2.05, 4.69) is 28.8 Å². The van der Waals surface area contributed by atoms with Crippen molar-refractivity contribution in [3.8, 4) is 0 Å². The molecule has 0 saturated heterocycles. The van der Waals surface area contributed by atoms with Crippen LogP contribution >= 0.6 is 12.8 Å². The number of nitrogens with one attached hydrogen (secondary N) is 2. The van der Waals surface area contributed by atoms with Gasteiger partial charge in [0.05, 0.1) is 22.0 Å². The number of nitrogens with zero attached hydrogens (tertiary/aromatic N) is 3. The molecule has 32 heavy (non-hydrogen) atoms. The average Bonchev–Trinajstić information content (AvgIpc) is 2.78. The first-order chi connectivity index (χ1) is 15.3. The summed E-state index contributed by atoms with van der Waals surface area (Å²) in [4.78, 5) is 34.5. The number of carbonyl (C=O) groups is 2. The Morgan fingerprint density at radius 2 is 1.84 bits per heavy atom. The van der Waals surface area contributed by atoms with E-state index in [9.17, 15) is 19.7 Å². The Morgan fingerprint density at radius 1 is 1.12 bits per heavy atom. The van der Waals surface area contributed by atoms with Crippen LogP contribution in [0.25, 0.3) is 0 Å². The number of hydrogen-bond acceptors (Lipinski definition) is 8. The van der Waals surface area contributed by atoms with Gasteiger partial charge < -0.3 is 11.1 Å². The van der Waals surface area contributed by atoms with Gasteiger partial charge in [-0.2, -0.15) is 9.52 Å². The molecule has 2 aromatic rings. The van der Waals surface area contributed by atoms with Gasteiger partial charge in [0, 0.05) is 30.5 Å². The van der Waals surface area contributed by atoms with Gasteiger partial charge in [0.25, 0.3) is 11.6 Å². The number of benzene rings is 2. The highest BCUT2D eigenvalue weighted by molar-refractivity contribution is 7.78. The van der Waals surface area contributed by atoms with Crippen molar-refractivity contribution in [2.24, 2.45) is 5.10 Å². The molecule has 2 rings (SSSR count). The second kappa shape index (κ2) is 12.3. The largest absolute Gasteiger partial charge is 0.397 e. The lowest BCUT2D eigenvalue weighted by Crippen LogP contribution is -2.32. The van der Waals surface area contributed by atoms with Gasteiger partial charge in [-0.3, -0.25) is 19.7 Å². The number of nitro benzene ring substituents is 1. The van der Waals surface area contributed by atoms with Crippen molar-refractivity contribution >= 4 is 47.4 Å². The van der Waals surface area contributed by atoms with E-state index in [1.807, 2.05) is 0 Å². The quantitative estimate of drug-likeness (QED) is 0.101. The molecule has 0 unspecified atom stereocenters. The number of para-hydroxylation sites is 2. The summed E-state index contributed by atoms with van der Waals surface area (Å²) in [7, 11) is 0. The maximum Gasteiger partial charge on any atom is 0.270 e. The molecule has 11 heteroatoms. The molecule has 0 radical (unpaired) electrons. The Morgan fingerprint density at radius 3 is 2.56 bits per heavy atom. The lowest BCUT2D eigenvalue weighted by Gasteiger charge is -2.14. The number of unbranched alkanes of at least 4 members (excludes halogenated alkanes) is 2. The molecular formula is C21H26N6O4S. The van der Waals surface area contributed by atoms with Gasteiger partial charge >= 0.3 is 0 Å². The van der Waals surface area contributed by atoms with E-state index < -0.39 is 4.92 Å². The third kappa shape index (κ3) is 7.91. The molecule has 0 aliphatic carbocycles. The molecule has 2 aromatic carbocycles. The molecule has 0 fully saturated rings. The van der Waals surface area contributed by atoms with Gasteiger partial charge in [0.1, 0.15) is 0 Å². The molecule has 0 aromatic heterocycles. The minimum atomic E-state index is -0.487. The number of hydrazone groups is 1. The van der Waals surface area contributed by atoms with E-state index in [0.29, 0.717) is 48.3 Å². The second-order valence-electron chi connectivity index (χ2n) is 7.01. The van der Waals surface area contributed by atoms with E-state index in [1.54, 1.807) is 43.3 Å². The fourth-order valence-electron chi connectivity index (χ4n) is 2.76. The van der Waals surface area contributed by atoms with Crippen LogP contribution in [0.3, 0.4) is 0 Å². The monoisotopic (exact) mass is 458 g/mol. The Bertz CT molecular complexity index is 998. The summed E-state index contributed by atoms with van der Waals surface area (Å²) < 4.78 is 0.964. The molecule has 0 aliphatic rings. The zero-order chi connectivity index (χ0) is 23.5. The van der Waals surface area contributed by atoms with Crippen LogP contribution in [0, 0.1) is 10.1 Å². The summed E-state index contributed by atoms with van der Waals surface area (Å²) in [6, 6.07) is 13.1. The Balaban J connectivity index is 1.69. The standard InChI is InChI=1S/C21H26N6O4S/c1-15(16-8-7-9-17(14-16)27(30)31)24-25-26(32)21(29)13-4-2-3-12-20(28)23-19-11-6-5-10-18(19)22/h5-11,14,25,32H,2-4,12-13,22H2,1H3,(H,23,28)/b24-15+. The smallest absolute Gasteiger partial charge is 0.270 e. The zero-order valence-corrected chi connectivity index (χ0v) is 18.5. The number of hydrazine groups is 1. The fraction of sp³-hybridized carbons (Fsp3) is 0.286. The maximum absolute atomic E-state index is 12.1. The molecule has 0 spiro atoms. The van der Waals surface area contributed by atoms with E-state index in [0.717, 1.165) is 4.41 Å². The highest BCUT2D eigenvalue weighted by Gasteiger charge is 2.11. The summed E-state index contributed by atoms with van der Waals surface area (Å²) in [5.41, 5.74) is 10.4. The number of rotatable bonds is 11. The number of nitrogen functional groups attached to an aromatic ring is 1. The van der Waals surface area contributed by atoms with Gasteiger partial charge in [-0.1, -0.05) is 30.7 Å². The van der Waals surface area contributed by atoms with E-state index in [-0.39, 0.29) is 23.9 Å². The van der Waals surface area contributed by atoms with Crippen LogP contribution in [0.15, 0.2) is 53.6 Å². The van der Waals surface area contributed by atoms with Crippen molar-refractivity contribution in [3.63, 3.8) is 0 Å². The molecular weight excluding hydrogens is 432 g/mol. The highest BCUT2D eigenvalue weighted by Crippen LogP contribution is 2.17. The molecule has 170 valence electrons. The van der Waals surface area contributed by atoms with Crippen LogP contribution in [-0.4, -0.2) is 26.9 Å². The van der Waals surface area contributed by atoms with Crippen LogP contribution in [-0.2, 0) is 9.59 Å². The SMILES string of the molecule is C/C(=N\NN(S)C(=O)CCCCCC(=O)Nc1ccccc1N)c1cccc([N+](=O)[O-])c1. The van der Waals surface area contributed by atoms with Gasteiger partial charge in [-0.15, -0.1) is 0 Å². The Kier molecular flexibility index (Phi) is 9.48. The first-order valence-corrected chi connectivity index (χ1v) is 10.4. The molecule has 4 N–H and O–H groups in total. The van der Waals surface area contributed by atoms with Crippen LogP contribution in [0.4, 0.5) is 17.1 Å². The van der Waals surface area contributed by atoms with Gasteiger partial charge in [0.15, 0.2) is 0 Å². The summed E-state index contributed by atoms with van der Waals surface area (Å²) in [6.07, 6.45) is 2.48. The van der Waals surface area contributed by atoms with E-state index in [1.165, 1.54) is 12.1 Å². The maximum atomic E-state index is 12.1. The number of nitro groups is 1. The van der Waals surface area contributed by atoms with Crippen molar-refractivity contribution < 1.29 is 14.5 Å². The van der Waals surface area contributed by atoms with Crippen molar-refractivity contribution in [2.45, 2.75) is 39.0 Å². The number of carbonyl (C=O) groups excluding carboxylic acids is 2. The van der Waals surface area contributed by atoms with Crippen LogP contribution in [0.1, 0.15) is 44.6 Å². The van der Waals surface area contributed by atoms with Crippen LogP contribution < -0.4 is 16.6 Å². The average molecular weight is 459 g/mol. The minimum Gasteiger partial charge on any atom is -0.397 e. The lowest BCUT2D eigenvalue weighted by molar-refractivity contribution is -0.384.